The van der Waals surface area contributed by atoms with Gasteiger partial charge in [-0.1, -0.05) is 27.2 Å². The Hall–Kier alpha value is -0.330. The quantitative estimate of drug-likeness (QED) is 0.427. The molecule has 66 valence electrons. The molecule has 0 heterocycles. The van der Waals surface area contributed by atoms with E-state index >= 15 is 0 Å². The molecule has 0 atom stereocenters. The molecule has 0 aromatic heterocycles. The third-order valence-electron chi connectivity index (χ3n) is 1.60. The lowest BCUT2D eigenvalue weighted by Gasteiger charge is -2.03. The van der Waals surface area contributed by atoms with E-state index in [4.69, 9.17) is 0 Å². The van der Waals surface area contributed by atoms with Crippen molar-refractivity contribution in [1.82, 2.24) is 0 Å². The summed E-state index contributed by atoms with van der Waals surface area (Å²) in [5, 5.41) is 0. The van der Waals surface area contributed by atoms with Crippen molar-refractivity contribution in [3.8, 4) is 0 Å². The van der Waals surface area contributed by atoms with Crippen LogP contribution in [-0.2, 0) is 0 Å². The number of hydrogen-bond acceptors (Lipinski definition) is 1. The van der Waals surface area contributed by atoms with Crippen molar-refractivity contribution in [3.63, 3.8) is 0 Å². The lowest BCUT2D eigenvalue weighted by atomic mass is 10.1. The van der Waals surface area contributed by atoms with E-state index in [1.54, 1.807) is 0 Å². The number of nitrogens with zero attached hydrogens (tertiary/aromatic N) is 1. The molecule has 0 spiro atoms. The second kappa shape index (κ2) is 6.38. The second-order valence-corrected chi connectivity index (χ2v) is 3.57. The van der Waals surface area contributed by atoms with Crippen LogP contribution in [0.2, 0.25) is 0 Å². The smallest absolute Gasteiger partial charge is 0.0388 e. The highest BCUT2D eigenvalue weighted by atomic mass is 14.7. The van der Waals surface area contributed by atoms with Crippen LogP contribution in [0.1, 0.15) is 47.0 Å². The Kier molecular flexibility index (Phi) is 6.19. The summed E-state index contributed by atoms with van der Waals surface area (Å²) >= 11 is 0. The van der Waals surface area contributed by atoms with E-state index in [1.165, 1.54) is 18.6 Å². The van der Waals surface area contributed by atoms with Crippen molar-refractivity contribution < 1.29 is 0 Å². The van der Waals surface area contributed by atoms with Gasteiger partial charge in [0.2, 0.25) is 0 Å². The maximum atomic E-state index is 4.47. The number of aliphatic imine (C=N–C) groups is 1. The van der Waals surface area contributed by atoms with Crippen molar-refractivity contribution in [2.24, 2.45) is 10.9 Å². The summed E-state index contributed by atoms with van der Waals surface area (Å²) in [5.41, 5.74) is 1.31. The van der Waals surface area contributed by atoms with Crippen molar-refractivity contribution in [2.45, 2.75) is 47.0 Å². The number of unbranched alkanes of at least 4 members (excludes halogenated alkanes) is 1. The molecule has 1 heteroatoms. The Bertz CT molecular complexity index is 114. The van der Waals surface area contributed by atoms with Gasteiger partial charge in [0.1, 0.15) is 0 Å². The molecule has 0 rings (SSSR count). The first-order valence-corrected chi connectivity index (χ1v) is 4.66. The van der Waals surface area contributed by atoms with E-state index in [0.29, 0.717) is 0 Å². The minimum atomic E-state index is 0.750. The monoisotopic (exact) mass is 155 g/mol. The van der Waals surface area contributed by atoms with Gasteiger partial charge < -0.3 is 0 Å². The molecule has 0 unspecified atom stereocenters. The third-order valence-corrected chi connectivity index (χ3v) is 1.60. The normalized spacial score (nSPS) is 12.6. The summed E-state index contributed by atoms with van der Waals surface area (Å²) in [6.45, 7) is 9.83. The van der Waals surface area contributed by atoms with Crippen LogP contribution >= 0.6 is 0 Å². The average Bonchev–Trinajstić information content (AvgIpc) is 1.86. The predicted molar refractivity (Wildman–Crippen MR) is 52.3 cm³/mol. The molecule has 0 aliphatic heterocycles. The summed E-state index contributed by atoms with van der Waals surface area (Å²) in [5.74, 6) is 0.750. The molecule has 0 fully saturated rings. The number of rotatable bonds is 5. The van der Waals surface area contributed by atoms with Crippen LogP contribution in [0.4, 0.5) is 0 Å². The molecule has 0 saturated carbocycles. The Labute approximate surface area is 70.9 Å². The molecule has 0 bridgehead atoms. The molecule has 0 aliphatic carbocycles. The molecular weight excluding hydrogens is 134 g/mol. The van der Waals surface area contributed by atoms with Crippen LogP contribution in [-0.4, -0.2) is 12.3 Å². The van der Waals surface area contributed by atoms with Crippen LogP contribution in [0.5, 0.6) is 0 Å². The van der Waals surface area contributed by atoms with E-state index in [1.807, 2.05) is 0 Å². The highest BCUT2D eigenvalue weighted by Crippen LogP contribution is 2.01. The van der Waals surface area contributed by atoms with Crippen molar-refractivity contribution in [2.75, 3.05) is 6.54 Å². The average molecular weight is 155 g/mol. The highest BCUT2D eigenvalue weighted by molar-refractivity contribution is 5.81. The number of hydrogen-bond donors (Lipinski definition) is 0. The molecule has 11 heavy (non-hydrogen) atoms. The first-order chi connectivity index (χ1) is 5.16. The SMILES string of the molecule is CCCC/N=C(\C)CC(C)C. The predicted octanol–water partition coefficient (Wildman–Crippen LogP) is 3.29. The van der Waals surface area contributed by atoms with Crippen LogP contribution < -0.4 is 0 Å². The zero-order valence-electron chi connectivity index (χ0n) is 8.35. The first-order valence-electron chi connectivity index (χ1n) is 4.66. The minimum Gasteiger partial charge on any atom is -0.294 e. The maximum Gasteiger partial charge on any atom is 0.0388 e. The zero-order valence-corrected chi connectivity index (χ0v) is 8.35. The van der Waals surface area contributed by atoms with Crippen molar-refractivity contribution in [3.05, 3.63) is 0 Å². The summed E-state index contributed by atoms with van der Waals surface area (Å²) in [4.78, 5) is 4.47. The summed E-state index contributed by atoms with van der Waals surface area (Å²) in [6, 6.07) is 0. The van der Waals surface area contributed by atoms with E-state index in [2.05, 4.69) is 32.7 Å². The molecule has 0 amide bonds. The minimum absolute atomic E-state index is 0.750. The summed E-state index contributed by atoms with van der Waals surface area (Å²) in [6.07, 6.45) is 3.64. The van der Waals surface area contributed by atoms with Gasteiger partial charge in [-0.15, -0.1) is 0 Å². The summed E-state index contributed by atoms with van der Waals surface area (Å²) in [7, 11) is 0. The van der Waals surface area contributed by atoms with E-state index < -0.39 is 0 Å². The highest BCUT2D eigenvalue weighted by Gasteiger charge is 1.95. The largest absolute Gasteiger partial charge is 0.294 e. The van der Waals surface area contributed by atoms with Crippen molar-refractivity contribution in [1.29, 1.82) is 0 Å². The lowest BCUT2D eigenvalue weighted by Crippen LogP contribution is -1.99. The molecule has 0 aliphatic rings. The molecular formula is C10H21N. The second-order valence-electron chi connectivity index (χ2n) is 3.57. The van der Waals surface area contributed by atoms with Gasteiger partial charge in [0.15, 0.2) is 0 Å². The van der Waals surface area contributed by atoms with Gasteiger partial charge in [-0.3, -0.25) is 4.99 Å². The fraction of sp³-hybridized carbons (Fsp3) is 0.900. The molecule has 0 saturated heterocycles. The van der Waals surface area contributed by atoms with Gasteiger partial charge in [0.25, 0.3) is 0 Å². The van der Waals surface area contributed by atoms with Crippen molar-refractivity contribution >= 4 is 5.71 Å². The van der Waals surface area contributed by atoms with Gasteiger partial charge in [-0.2, -0.15) is 0 Å². The van der Waals surface area contributed by atoms with Crippen LogP contribution in [0.3, 0.4) is 0 Å². The third kappa shape index (κ3) is 7.57. The Morgan fingerprint density at radius 1 is 1.36 bits per heavy atom. The van der Waals surface area contributed by atoms with Gasteiger partial charge in [0, 0.05) is 12.3 Å². The standard InChI is InChI=1S/C10H21N/c1-5-6-7-11-10(4)8-9(2)3/h9H,5-8H2,1-4H3/b11-10+. The molecule has 0 aromatic carbocycles. The van der Waals surface area contributed by atoms with Gasteiger partial charge in [-0.25, -0.2) is 0 Å². The molecule has 0 N–H and O–H groups in total. The van der Waals surface area contributed by atoms with Crippen LogP contribution in [0, 0.1) is 5.92 Å². The fourth-order valence-corrected chi connectivity index (χ4v) is 1.08. The topological polar surface area (TPSA) is 12.4 Å². The van der Waals surface area contributed by atoms with E-state index in [0.717, 1.165) is 18.9 Å². The first kappa shape index (κ1) is 10.7. The summed E-state index contributed by atoms with van der Waals surface area (Å²) < 4.78 is 0. The molecule has 1 nitrogen and oxygen atoms in total. The van der Waals surface area contributed by atoms with E-state index in [9.17, 15) is 0 Å². The molecule has 0 aromatic rings. The Morgan fingerprint density at radius 3 is 2.45 bits per heavy atom. The Balaban J connectivity index is 3.46. The fourth-order valence-electron chi connectivity index (χ4n) is 1.08. The van der Waals surface area contributed by atoms with Gasteiger partial charge in [0.05, 0.1) is 0 Å². The Morgan fingerprint density at radius 2 is 2.00 bits per heavy atom. The zero-order chi connectivity index (χ0) is 8.69. The van der Waals surface area contributed by atoms with Gasteiger partial charge >= 0.3 is 0 Å². The van der Waals surface area contributed by atoms with Crippen LogP contribution in [0.15, 0.2) is 4.99 Å². The molecule has 0 radical (unpaired) electrons. The maximum absolute atomic E-state index is 4.47. The lowest BCUT2D eigenvalue weighted by molar-refractivity contribution is 0.678. The van der Waals surface area contributed by atoms with Gasteiger partial charge in [-0.05, 0) is 25.7 Å². The van der Waals surface area contributed by atoms with E-state index in [-0.39, 0.29) is 0 Å². The van der Waals surface area contributed by atoms with Crippen LogP contribution in [0.25, 0.3) is 0 Å².